The van der Waals surface area contributed by atoms with Gasteiger partial charge in [0.15, 0.2) is 0 Å². The molecule has 1 amide bonds. The summed E-state index contributed by atoms with van der Waals surface area (Å²) in [5.74, 6) is -1.81. The highest BCUT2D eigenvalue weighted by Crippen LogP contribution is 2.30. The van der Waals surface area contributed by atoms with Crippen LogP contribution in [0.5, 0.6) is 5.75 Å². The summed E-state index contributed by atoms with van der Waals surface area (Å²) in [6.07, 6.45) is 0.299. The molecule has 146 valence electrons. The number of hydrogen-bond acceptors (Lipinski definition) is 7. The van der Waals surface area contributed by atoms with Crippen LogP contribution in [-0.4, -0.2) is 95.8 Å². The maximum absolute atomic E-state index is 12.4. The number of amides is 1. The fraction of sp³-hybridized carbons (Fsp3) is 0.529. The number of carbonyl (C=O) groups excluding carboxylic acids is 1. The average molecular weight is 377 g/mol. The minimum absolute atomic E-state index is 0.00271. The molecular weight excluding hydrogens is 353 g/mol. The lowest BCUT2D eigenvalue weighted by Crippen LogP contribution is -2.56. The van der Waals surface area contributed by atoms with Gasteiger partial charge in [-0.15, -0.1) is 0 Å². The van der Waals surface area contributed by atoms with Gasteiger partial charge in [-0.25, -0.2) is 4.79 Å². The monoisotopic (exact) mass is 377 g/mol. The summed E-state index contributed by atoms with van der Waals surface area (Å²) in [7, 11) is -1.30. The third kappa shape index (κ3) is 4.78. The second-order valence-electron chi connectivity index (χ2n) is 6.83. The number of nitrogens with one attached hydrogen (secondary N) is 1. The minimum Gasteiger partial charge on any atom is -0.534 e. The molecule has 0 spiro atoms. The summed E-state index contributed by atoms with van der Waals surface area (Å²) < 4.78 is 5.38. The van der Waals surface area contributed by atoms with E-state index in [0.29, 0.717) is 18.5 Å². The second kappa shape index (κ2) is 8.70. The molecule has 0 radical (unpaired) electrons. The highest BCUT2D eigenvalue weighted by Gasteiger charge is 2.37. The lowest BCUT2D eigenvalue weighted by atomic mass is 9.72. The first-order chi connectivity index (χ1) is 13.0. The van der Waals surface area contributed by atoms with Crippen LogP contribution in [0.15, 0.2) is 18.2 Å². The zero-order valence-corrected chi connectivity index (χ0v) is 15.0. The van der Waals surface area contributed by atoms with Crippen molar-refractivity contribution in [3.8, 4) is 5.75 Å². The van der Waals surface area contributed by atoms with Crippen molar-refractivity contribution in [1.29, 1.82) is 0 Å². The number of carboxylic acid groups (broad SMARTS) is 1. The molecule has 2 aliphatic heterocycles. The number of nitrogens with zero attached hydrogens (tertiary/aromatic N) is 2. The van der Waals surface area contributed by atoms with E-state index in [2.05, 4.69) is 10.2 Å². The molecule has 9 nitrogen and oxygen atoms in total. The summed E-state index contributed by atoms with van der Waals surface area (Å²) in [6.45, 7) is 4.07. The number of carboxylic acids is 1. The molecule has 2 aliphatic rings. The molecule has 1 aromatic carbocycles. The molecular formula is C17H24BN3O6. The van der Waals surface area contributed by atoms with Crippen molar-refractivity contribution in [3.63, 3.8) is 0 Å². The number of β-amino-alcohol motifs (C(OH)–C–C–N with tert-alkyl or cyclic N) is 1. The first kappa shape index (κ1) is 19.6. The van der Waals surface area contributed by atoms with Crippen LogP contribution in [0.1, 0.15) is 15.9 Å². The summed E-state index contributed by atoms with van der Waals surface area (Å²) in [5.41, 5.74) is 0.639. The number of piperazine rings is 1. The van der Waals surface area contributed by atoms with Gasteiger partial charge in [0.25, 0.3) is 0 Å². The van der Waals surface area contributed by atoms with Crippen molar-refractivity contribution in [2.45, 2.75) is 12.4 Å². The Morgan fingerprint density at radius 1 is 1.22 bits per heavy atom. The summed E-state index contributed by atoms with van der Waals surface area (Å²) in [6, 6.07) is 4.77. The van der Waals surface area contributed by atoms with Crippen LogP contribution in [0.4, 0.5) is 0 Å². The third-order valence-electron chi connectivity index (χ3n) is 4.94. The molecule has 1 fully saturated rings. The molecule has 10 heteroatoms. The lowest BCUT2D eigenvalue weighted by molar-refractivity contribution is -0.123. The van der Waals surface area contributed by atoms with Crippen LogP contribution in [0.25, 0.3) is 0 Å². The first-order valence-electron chi connectivity index (χ1n) is 9.02. The van der Waals surface area contributed by atoms with Gasteiger partial charge in [-0.05, 0) is 18.1 Å². The Bertz CT molecular complexity index is 695. The van der Waals surface area contributed by atoms with E-state index < -0.39 is 19.0 Å². The quantitative estimate of drug-likeness (QED) is 0.439. The van der Waals surface area contributed by atoms with Crippen molar-refractivity contribution in [2.24, 2.45) is 0 Å². The van der Waals surface area contributed by atoms with Gasteiger partial charge in [-0.3, -0.25) is 14.6 Å². The zero-order valence-electron chi connectivity index (χ0n) is 15.0. The highest BCUT2D eigenvalue weighted by molar-refractivity contribution is 6.47. The van der Waals surface area contributed by atoms with Crippen LogP contribution in [0.2, 0.25) is 0 Å². The van der Waals surface area contributed by atoms with Crippen molar-refractivity contribution >= 4 is 19.0 Å². The molecule has 1 atom stereocenters. The van der Waals surface area contributed by atoms with Crippen LogP contribution in [0.3, 0.4) is 0 Å². The van der Waals surface area contributed by atoms with Crippen molar-refractivity contribution in [1.82, 2.24) is 15.1 Å². The Morgan fingerprint density at radius 2 is 1.93 bits per heavy atom. The average Bonchev–Trinajstić information content (AvgIpc) is 2.63. The van der Waals surface area contributed by atoms with Gasteiger partial charge in [0.2, 0.25) is 5.91 Å². The fourth-order valence-corrected chi connectivity index (χ4v) is 3.48. The van der Waals surface area contributed by atoms with Crippen molar-refractivity contribution in [2.75, 3.05) is 45.9 Å². The smallest absolute Gasteiger partial charge is 0.534 e. The number of aliphatic hydroxyl groups is 1. The van der Waals surface area contributed by atoms with E-state index >= 15 is 0 Å². The fourth-order valence-electron chi connectivity index (χ4n) is 3.48. The predicted molar refractivity (Wildman–Crippen MR) is 97.6 cm³/mol. The molecule has 2 heterocycles. The largest absolute Gasteiger partial charge is 0.547 e. The Labute approximate surface area is 157 Å². The molecule has 1 aromatic rings. The van der Waals surface area contributed by atoms with E-state index in [0.717, 1.165) is 26.2 Å². The maximum atomic E-state index is 12.4. The topological polar surface area (TPSA) is 123 Å². The first-order valence-corrected chi connectivity index (χ1v) is 9.02. The Kier molecular flexibility index (Phi) is 6.32. The van der Waals surface area contributed by atoms with Crippen LogP contribution in [-0.2, 0) is 11.2 Å². The number of para-hydroxylation sites is 1. The van der Waals surface area contributed by atoms with Gasteiger partial charge in [0.05, 0.1) is 24.7 Å². The minimum atomic E-state index is -1.30. The zero-order chi connectivity index (χ0) is 19.4. The molecule has 27 heavy (non-hydrogen) atoms. The van der Waals surface area contributed by atoms with Gasteiger partial charge < -0.3 is 25.2 Å². The van der Waals surface area contributed by atoms with E-state index in [4.69, 9.17) is 9.76 Å². The molecule has 0 bridgehead atoms. The summed E-state index contributed by atoms with van der Waals surface area (Å²) in [4.78, 5) is 27.8. The normalized spacial score (nSPS) is 20.7. The van der Waals surface area contributed by atoms with E-state index in [1.807, 2.05) is 4.90 Å². The standard InChI is InChI=1S/C17H24BN3O6/c22-9-8-20-4-6-21(7-5-20)11-15(23)19-14-10-12-2-1-3-13(17(24)25)16(12)27-18(14)26/h1-3,14,22,26H,4-11H2,(H,19,23)(H,24,25)/t14-/m0/s1. The van der Waals surface area contributed by atoms with E-state index in [1.165, 1.54) is 6.07 Å². The second-order valence-corrected chi connectivity index (χ2v) is 6.83. The molecule has 3 rings (SSSR count). The third-order valence-corrected chi connectivity index (χ3v) is 4.94. The van der Waals surface area contributed by atoms with Crippen molar-refractivity contribution < 1.29 is 29.5 Å². The number of benzene rings is 1. The van der Waals surface area contributed by atoms with Gasteiger partial charge in [0.1, 0.15) is 5.75 Å². The van der Waals surface area contributed by atoms with Gasteiger partial charge in [-0.1, -0.05) is 12.1 Å². The Morgan fingerprint density at radius 3 is 2.59 bits per heavy atom. The van der Waals surface area contributed by atoms with Gasteiger partial charge in [0, 0.05) is 32.7 Å². The molecule has 0 saturated carbocycles. The van der Waals surface area contributed by atoms with Gasteiger partial charge in [-0.2, -0.15) is 0 Å². The Hall–Kier alpha value is -2.14. The summed E-state index contributed by atoms with van der Waals surface area (Å²) in [5, 5.41) is 31.2. The number of fused-ring (bicyclic) bond motifs is 1. The number of carbonyl (C=O) groups is 2. The maximum Gasteiger partial charge on any atom is 0.547 e. The van der Waals surface area contributed by atoms with Crippen LogP contribution in [0, 0.1) is 0 Å². The molecule has 0 unspecified atom stereocenters. The molecule has 4 N–H and O–H groups in total. The number of hydrogen-bond donors (Lipinski definition) is 4. The van der Waals surface area contributed by atoms with Crippen LogP contribution >= 0.6 is 0 Å². The number of rotatable bonds is 6. The predicted octanol–water partition coefficient (Wildman–Crippen LogP) is -1.57. The van der Waals surface area contributed by atoms with E-state index in [-0.39, 0.29) is 30.4 Å². The molecule has 0 aromatic heterocycles. The van der Waals surface area contributed by atoms with Gasteiger partial charge >= 0.3 is 13.1 Å². The van der Waals surface area contributed by atoms with E-state index in [9.17, 15) is 19.7 Å². The Balaban J connectivity index is 1.55. The SMILES string of the molecule is O=C(CN1CCN(CCO)CC1)N[C@H]1Cc2cccc(C(=O)O)c2OB1O. The lowest BCUT2D eigenvalue weighted by Gasteiger charge is -2.34. The summed E-state index contributed by atoms with van der Waals surface area (Å²) >= 11 is 0. The van der Waals surface area contributed by atoms with E-state index in [1.54, 1.807) is 12.1 Å². The van der Waals surface area contributed by atoms with Crippen molar-refractivity contribution in [3.05, 3.63) is 29.3 Å². The highest BCUT2D eigenvalue weighted by atomic mass is 16.5. The number of aromatic carboxylic acids is 1. The molecule has 1 saturated heterocycles. The number of aliphatic hydroxyl groups excluding tert-OH is 1. The van der Waals surface area contributed by atoms with Crippen LogP contribution < -0.4 is 9.97 Å². The molecule has 0 aliphatic carbocycles.